The fourth-order valence-corrected chi connectivity index (χ4v) is 2.99. The Hall–Kier alpha value is -2.13. The van der Waals surface area contributed by atoms with Gasteiger partial charge >= 0.3 is 5.97 Å². The number of likely N-dealkylation sites (N-methyl/N-ethyl adjacent to an activating group) is 1. The Morgan fingerprint density at radius 2 is 1.36 bits per heavy atom. The molecule has 2 rings (SSSR count). The number of hydrogen-bond donors (Lipinski definition) is 0. The minimum absolute atomic E-state index is 0.191. The number of hydrogen-bond acceptors (Lipinski definition) is 2. The molecule has 3 heteroatoms. The van der Waals surface area contributed by atoms with Gasteiger partial charge in [-0.2, -0.15) is 0 Å². The molecule has 0 aromatic heterocycles. The Kier molecular flexibility index (Phi) is 6.38. The zero-order valence-corrected chi connectivity index (χ0v) is 15.9. The van der Waals surface area contributed by atoms with Crippen molar-refractivity contribution in [3.8, 4) is 0 Å². The summed E-state index contributed by atoms with van der Waals surface area (Å²) < 4.78 is 6.66. The Bertz CT molecular complexity index is 623. The predicted octanol–water partition coefficient (Wildman–Crippen LogP) is 4.02. The maximum Gasteiger partial charge on any atom is 0.321 e. The number of esters is 1. The first-order chi connectivity index (χ1) is 12.0. The van der Waals surface area contributed by atoms with Gasteiger partial charge in [-0.15, -0.1) is 0 Å². The first-order valence-electron chi connectivity index (χ1n) is 9.08. The molecule has 0 unspecified atom stereocenters. The number of carbonyl (C=O) groups is 1. The van der Waals surface area contributed by atoms with Gasteiger partial charge in [0.05, 0.1) is 20.1 Å². The average molecular weight is 340 g/mol. The van der Waals surface area contributed by atoms with Gasteiger partial charge in [-0.05, 0) is 31.9 Å². The predicted molar refractivity (Wildman–Crippen MR) is 102 cm³/mol. The first-order valence-corrected chi connectivity index (χ1v) is 9.08. The van der Waals surface area contributed by atoms with Crippen molar-refractivity contribution in [1.29, 1.82) is 0 Å². The van der Waals surface area contributed by atoms with Crippen LogP contribution in [0.3, 0.4) is 0 Å². The van der Waals surface area contributed by atoms with Gasteiger partial charge in [-0.25, -0.2) is 0 Å². The van der Waals surface area contributed by atoms with Crippen LogP contribution in [-0.2, 0) is 14.9 Å². The Morgan fingerprint density at radius 3 is 1.76 bits per heavy atom. The smallest absolute Gasteiger partial charge is 0.321 e. The molecule has 2 aromatic carbocycles. The molecule has 0 aliphatic carbocycles. The van der Waals surface area contributed by atoms with Crippen molar-refractivity contribution in [1.82, 2.24) is 0 Å². The number of rotatable bonds is 8. The second-order valence-electron chi connectivity index (χ2n) is 6.97. The van der Waals surface area contributed by atoms with E-state index in [0.29, 0.717) is 6.61 Å². The second-order valence-corrected chi connectivity index (χ2v) is 6.97. The lowest BCUT2D eigenvalue weighted by molar-refractivity contribution is -0.906. The van der Waals surface area contributed by atoms with E-state index in [1.165, 1.54) is 0 Å². The molecule has 0 heterocycles. The molecule has 0 fully saturated rings. The second kappa shape index (κ2) is 8.30. The number of benzene rings is 2. The van der Waals surface area contributed by atoms with Crippen molar-refractivity contribution in [3.63, 3.8) is 0 Å². The SMILES string of the molecule is CC[N+](C)(CC)CCOC(=O)C(C)(c1ccccc1)c1ccccc1. The highest BCUT2D eigenvalue weighted by molar-refractivity contribution is 5.87. The molecule has 0 spiro atoms. The van der Waals surface area contributed by atoms with Gasteiger partial charge in [0.1, 0.15) is 18.6 Å². The molecule has 25 heavy (non-hydrogen) atoms. The van der Waals surface area contributed by atoms with Crippen LogP contribution in [-0.4, -0.2) is 43.7 Å². The van der Waals surface area contributed by atoms with Crippen LogP contribution in [0, 0.1) is 0 Å². The van der Waals surface area contributed by atoms with Crippen molar-refractivity contribution in [2.45, 2.75) is 26.2 Å². The van der Waals surface area contributed by atoms with Crippen LogP contribution in [0.5, 0.6) is 0 Å². The molecule has 0 aliphatic rings. The molecule has 0 radical (unpaired) electrons. The van der Waals surface area contributed by atoms with Gasteiger partial charge in [0.2, 0.25) is 0 Å². The van der Waals surface area contributed by atoms with E-state index in [1.54, 1.807) is 0 Å². The highest BCUT2D eigenvalue weighted by atomic mass is 16.5. The third kappa shape index (κ3) is 4.29. The summed E-state index contributed by atoms with van der Waals surface area (Å²) in [5.74, 6) is -0.191. The van der Waals surface area contributed by atoms with E-state index in [2.05, 4.69) is 20.9 Å². The highest BCUT2D eigenvalue weighted by Gasteiger charge is 2.38. The minimum atomic E-state index is -0.801. The van der Waals surface area contributed by atoms with E-state index >= 15 is 0 Å². The Balaban J connectivity index is 2.23. The summed E-state index contributed by atoms with van der Waals surface area (Å²) in [5.41, 5.74) is 1.11. The zero-order valence-electron chi connectivity index (χ0n) is 15.9. The van der Waals surface area contributed by atoms with Crippen LogP contribution in [0.4, 0.5) is 0 Å². The summed E-state index contributed by atoms with van der Waals surface area (Å²) in [4.78, 5) is 13.1. The summed E-state index contributed by atoms with van der Waals surface area (Å²) in [6.45, 7) is 9.62. The summed E-state index contributed by atoms with van der Waals surface area (Å²) in [6, 6.07) is 19.8. The summed E-state index contributed by atoms with van der Waals surface area (Å²) in [5, 5.41) is 0. The summed E-state index contributed by atoms with van der Waals surface area (Å²) >= 11 is 0. The average Bonchev–Trinajstić information content (AvgIpc) is 2.68. The molecule has 0 aliphatic heterocycles. The molecule has 3 nitrogen and oxygen atoms in total. The standard InChI is InChI=1S/C22H30NO2/c1-5-23(4,6-2)17-18-25-21(24)22(3,19-13-9-7-10-14-19)20-15-11-8-12-16-20/h7-16H,5-6,17-18H2,1-4H3/q+1. The normalized spacial score (nSPS) is 12.0. The van der Waals surface area contributed by atoms with E-state index in [1.807, 2.05) is 67.6 Å². The maximum atomic E-state index is 13.1. The zero-order chi connectivity index (χ0) is 18.3. The first kappa shape index (κ1) is 19.2. The van der Waals surface area contributed by atoms with Gasteiger partial charge in [-0.1, -0.05) is 60.7 Å². The Labute approximate surface area is 151 Å². The van der Waals surface area contributed by atoms with Crippen LogP contribution >= 0.6 is 0 Å². The molecular formula is C22H30NO2+. The highest BCUT2D eigenvalue weighted by Crippen LogP contribution is 2.33. The summed E-state index contributed by atoms with van der Waals surface area (Å²) in [6.07, 6.45) is 0. The van der Waals surface area contributed by atoms with E-state index in [0.717, 1.165) is 35.2 Å². The van der Waals surface area contributed by atoms with Crippen molar-refractivity contribution in [3.05, 3.63) is 71.8 Å². The molecule has 0 atom stereocenters. The fraction of sp³-hybridized carbons (Fsp3) is 0.409. The molecule has 2 aromatic rings. The van der Waals surface area contributed by atoms with Crippen molar-refractivity contribution < 1.29 is 14.0 Å². The maximum absolute atomic E-state index is 13.1. The van der Waals surface area contributed by atoms with Gasteiger partial charge in [-0.3, -0.25) is 4.79 Å². The topological polar surface area (TPSA) is 26.3 Å². The molecule has 0 saturated heterocycles. The largest absolute Gasteiger partial charge is 0.459 e. The molecule has 0 N–H and O–H groups in total. The number of carbonyl (C=O) groups excluding carboxylic acids is 1. The molecule has 0 saturated carbocycles. The van der Waals surface area contributed by atoms with E-state index in [-0.39, 0.29) is 5.97 Å². The monoisotopic (exact) mass is 340 g/mol. The lowest BCUT2D eigenvalue weighted by Gasteiger charge is -2.33. The van der Waals surface area contributed by atoms with Crippen LogP contribution in [0.25, 0.3) is 0 Å². The summed E-state index contributed by atoms with van der Waals surface area (Å²) in [7, 11) is 2.20. The lowest BCUT2D eigenvalue weighted by Crippen LogP contribution is -2.47. The van der Waals surface area contributed by atoms with Crippen LogP contribution in [0.1, 0.15) is 31.9 Å². The molecule has 0 amide bonds. The van der Waals surface area contributed by atoms with Gasteiger partial charge in [0, 0.05) is 0 Å². The third-order valence-electron chi connectivity index (χ3n) is 5.50. The van der Waals surface area contributed by atoms with Gasteiger partial charge in [0.25, 0.3) is 0 Å². The molecule has 134 valence electrons. The number of ether oxygens (including phenoxy) is 1. The van der Waals surface area contributed by atoms with E-state index in [4.69, 9.17) is 4.74 Å². The van der Waals surface area contributed by atoms with Crippen LogP contribution < -0.4 is 0 Å². The number of quaternary nitrogens is 1. The third-order valence-corrected chi connectivity index (χ3v) is 5.50. The number of nitrogens with zero attached hydrogens (tertiary/aromatic N) is 1. The quantitative estimate of drug-likeness (QED) is 0.536. The Morgan fingerprint density at radius 1 is 0.920 bits per heavy atom. The fourth-order valence-electron chi connectivity index (χ4n) is 2.99. The molecular weight excluding hydrogens is 310 g/mol. The van der Waals surface area contributed by atoms with E-state index in [9.17, 15) is 4.79 Å². The van der Waals surface area contributed by atoms with Crippen LogP contribution in [0.15, 0.2) is 60.7 Å². The van der Waals surface area contributed by atoms with E-state index < -0.39 is 5.41 Å². The van der Waals surface area contributed by atoms with Crippen molar-refractivity contribution in [2.75, 3.05) is 33.3 Å². The van der Waals surface area contributed by atoms with Crippen LogP contribution in [0.2, 0.25) is 0 Å². The molecule has 0 bridgehead atoms. The van der Waals surface area contributed by atoms with Crippen molar-refractivity contribution in [2.24, 2.45) is 0 Å². The lowest BCUT2D eigenvalue weighted by atomic mass is 9.76. The van der Waals surface area contributed by atoms with Gasteiger partial charge in [0.15, 0.2) is 0 Å². The van der Waals surface area contributed by atoms with Crippen molar-refractivity contribution >= 4 is 5.97 Å². The minimum Gasteiger partial charge on any atom is -0.459 e. The van der Waals surface area contributed by atoms with Gasteiger partial charge < -0.3 is 9.22 Å².